The van der Waals surface area contributed by atoms with Gasteiger partial charge in [0, 0.05) is 17.1 Å². The molecule has 0 aromatic heterocycles. The molecule has 2 rings (SSSR count). The van der Waals surface area contributed by atoms with Crippen molar-refractivity contribution in [2.75, 3.05) is 19.6 Å². The van der Waals surface area contributed by atoms with Gasteiger partial charge in [-0.3, -0.25) is 0 Å². The molecule has 0 aliphatic carbocycles. The number of hydrogen-bond acceptors (Lipinski definition) is 2. The van der Waals surface area contributed by atoms with E-state index in [2.05, 4.69) is 52.9 Å². The normalized spacial score (nSPS) is 22.1. The number of nitrogens with zero attached hydrogens (tertiary/aromatic N) is 1. The first-order valence-electron chi connectivity index (χ1n) is 7.30. The van der Waals surface area contributed by atoms with Gasteiger partial charge in [0.1, 0.15) is 0 Å². The number of nitrogens with two attached hydrogens (primary N) is 1. The minimum absolute atomic E-state index is 0.133. The largest absolute Gasteiger partial charge is 0.324 e. The summed E-state index contributed by atoms with van der Waals surface area (Å²) in [7, 11) is 0. The highest BCUT2D eigenvalue weighted by molar-refractivity contribution is 9.10. The van der Waals surface area contributed by atoms with Gasteiger partial charge < -0.3 is 10.6 Å². The van der Waals surface area contributed by atoms with Crippen LogP contribution in [-0.4, -0.2) is 24.5 Å². The van der Waals surface area contributed by atoms with Gasteiger partial charge in [-0.2, -0.15) is 0 Å². The van der Waals surface area contributed by atoms with E-state index in [0.717, 1.165) is 29.3 Å². The van der Waals surface area contributed by atoms with Crippen LogP contribution in [0, 0.1) is 11.8 Å². The summed E-state index contributed by atoms with van der Waals surface area (Å²) in [5, 5.41) is 0. The molecule has 1 heterocycles. The van der Waals surface area contributed by atoms with Crippen molar-refractivity contribution >= 4 is 15.9 Å². The van der Waals surface area contributed by atoms with Crippen LogP contribution in [0.15, 0.2) is 28.7 Å². The molecular formula is C16H25BrN2. The minimum Gasteiger partial charge on any atom is -0.324 e. The Morgan fingerprint density at radius 1 is 1.37 bits per heavy atom. The van der Waals surface area contributed by atoms with Crippen LogP contribution in [0.3, 0.4) is 0 Å². The number of benzene rings is 1. The van der Waals surface area contributed by atoms with Gasteiger partial charge in [-0.1, -0.05) is 48.0 Å². The molecule has 2 unspecified atom stereocenters. The summed E-state index contributed by atoms with van der Waals surface area (Å²) in [4.78, 5) is 2.57. The lowest BCUT2D eigenvalue weighted by molar-refractivity contribution is 0.292. The van der Waals surface area contributed by atoms with Crippen molar-refractivity contribution in [1.82, 2.24) is 4.90 Å². The maximum Gasteiger partial charge on any atom is 0.0318 e. The summed E-state index contributed by atoms with van der Waals surface area (Å²) in [5.74, 6) is 1.68. The summed E-state index contributed by atoms with van der Waals surface area (Å²) in [6.45, 7) is 8.28. The molecule has 1 aliphatic heterocycles. The van der Waals surface area contributed by atoms with Gasteiger partial charge in [0.2, 0.25) is 0 Å². The molecule has 0 spiro atoms. The molecule has 0 saturated carbocycles. The van der Waals surface area contributed by atoms with E-state index < -0.39 is 0 Å². The van der Waals surface area contributed by atoms with Crippen molar-refractivity contribution in [2.45, 2.75) is 32.7 Å². The Hall–Kier alpha value is -0.380. The smallest absolute Gasteiger partial charge is 0.0318 e. The third-order valence-electron chi connectivity index (χ3n) is 4.31. The summed E-state index contributed by atoms with van der Waals surface area (Å²) >= 11 is 3.59. The fourth-order valence-corrected chi connectivity index (χ4v) is 3.44. The molecule has 1 saturated heterocycles. The molecule has 0 amide bonds. The zero-order valence-corrected chi connectivity index (χ0v) is 13.6. The van der Waals surface area contributed by atoms with Crippen molar-refractivity contribution in [1.29, 1.82) is 0 Å². The molecule has 106 valence electrons. The zero-order chi connectivity index (χ0) is 13.8. The first-order valence-corrected chi connectivity index (χ1v) is 8.09. The van der Waals surface area contributed by atoms with Crippen LogP contribution in [0.5, 0.6) is 0 Å². The van der Waals surface area contributed by atoms with Gasteiger partial charge in [0.15, 0.2) is 0 Å². The molecule has 2 nitrogen and oxygen atoms in total. The Labute approximate surface area is 125 Å². The van der Waals surface area contributed by atoms with Crippen LogP contribution < -0.4 is 5.73 Å². The lowest BCUT2D eigenvalue weighted by atomic mass is 9.95. The topological polar surface area (TPSA) is 29.3 Å². The average molecular weight is 325 g/mol. The van der Waals surface area contributed by atoms with Crippen molar-refractivity contribution in [3.05, 3.63) is 34.3 Å². The lowest BCUT2D eigenvalue weighted by Gasteiger charge is -2.20. The van der Waals surface area contributed by atoms with Gasteiger partial charge in [-0.25, -0.2) is 0 Å². The number of likely N-dealkylation sites (tertiary alicyclic amines) is 1. The Balaban J connectivity index is 1.82. The predicted octanol–water partition coefficient (Wildman–Crippen LogP) is 3.82. The molecule has 1 aromatic carbocycles. The van der Waals surface area contributed by atoms with Crippen molar-refractivity contribution in [3.63, 3.8) is 0 Å². The predicted molar refractivity (Wildman–Crippen MR) is 85.1 cm³/mol. The third kappa shape index (κ3) is 4.04. The summed E-state index contributed by atoms with van der Waals surface area (Å²) in [6.07, 6.45) is 2.38. The second-order valence-corrected chi connectivity index (χ2v) is 6.86. The molecule has 0 bridgehead atoms. The Morgan fingerprint density at radius 2 is 2.11 bits per heavy atom. The highest BCUT2D eigenvalue weighted by atomic mass is 79.9. The maximum absolute atomic E-state index is 6.31. The van der Waals surface area contributed by atoms with E-state index in [1.807, 2.05) is 6.07 Å². The summed E-state index contributed by atoms with van der Waals surface area (Å²) in [6, 6.07) is 8.42. The fraction of sp³-hybridized carbons (Fsp3) is 0.625. The van der Waals surface area contributed by atoms with Gasteiger partial charge in [0.25, 0.3) is 0 Å². The van der Waals surface area contributed by atoms with E-state index in [9.17, 15) is 0 Å². The Kier molecular flexibility index (Phi) is 5.43. The molecule has 1 aromatic rings. The van der Waals surface area contributed by atoms with E-state index in [1.54, 1.807) is 0 Å². The maximum atomic E-state index is 6.31. The summed E-state index contributed by atoms with van der Waals surface area (Å²) in [5.41, 5.74) is 7.54. The Bertz CT molecular complexity index is 405. The molecule has 2 N–H and O–H groups in total. The van der Waals surface area contributed by atoms with Gasteiger partial charge >= 0.3 is 0 Å². The van der Waals surface area contributed by atoms with Crippen molar-refractivity contribution < 1.29 is 0 Å². The van der Waals surface area contributed by atoms with Gasteiger partial charge in [-0.15, -0.1) is 0 Å². The van der Waals surface area contributed by atoms with Crippen LogP contribution in [0.2, 0.25) is 0 Å². The number of rotatable bonds is 5. The van der Waals surface area contributed by atoms with Crippen LogP contribution in [0.1, 0.15) is 38.3 Å². The molecule has 19 heavy (non-hydrogen) atoms. The van der Waals surface area contributed by atoms with E-state index in [0.29, 0.717) is 0 Å². The van der Waals surface area contributed by atoms with Gasteiger partial charge in [-0.05, 0) is 49.4 Å². The van der Waals surface area contributed by atoms with Gasteiger partial charge in [0.05, 0.1) is 0 Å². The number of halogens is 1. The monoisotopic (exact) mass is 324 g/mol. The molecule has 1 fully saturated rings. The molecule has 2 atom stereocenters. The van der Waals surface area contributed by atoms with Crippen LogP contribution in [0.25, 0.3) is 0 Å². The molecule has 0 radical (unpaired) electrons. The van der Waals surface area contributed by atoms with Crippen molar-refractivity contribution in [3.8, 4) is 0 Å². The fourth-order valence-electron chi connectivity index (χ4n) is 2.86. The van der Waals surface area contributed by atoms with E-state index in [4.69, 9.17) is 5.73 Å². The van der Waals surface area contributed by atoms with Crippen LogP contribution in [0.4, 0.5) is 0 Å². The van der Waals surface area contributed by atoms with Crippen LogP contribution >= 0.6 is 15.9 Å². The van der Waals surface area contributed by atoms with E-state index >= 15 is 0 Å². The third-order valence-corrected chi connectivity index (χ3v) is 5.03. The number of hydrogen-bond donors (Lipinski definition) is 1. The van der Waals surface area contributed by atoms with Crippen molar-refractivity contribution in [2.24, 2.45) is 17.6 Å². The minimum atomic E-state index is 0.133. The van der Waals surface area contributed by atoms with E-state index in [1.165, 1.54) is 25.1 Å². The second-order valence-electron chi connectivity index (χ2n) is 6.01. The Morgan fingerprint density at radius 3 is 2.74 bits per heavy atom. The standard InChI is InChI=1S/C16H25BrN2/c1-12(2)13-7-9-19(11-13)10-8-16(18)14-5-3-4-6-15(14)17/h3-6,12-13,16H,7-11,18H2,1-2H3. The first kappa shape index (κ1) is 15.0. The average Bonchev–Trinajstić information content (AvgIpc) is 2.85. The second kappa shape index (κ2) is 6.87. The summed E-state index contributed by atoms with van der Waals surface area (Å²) < 4.78 is 1.13. The molecular weight excluding hydrogens is 300 g/mol. The SMILES string of the molecule is CC(C)C1CCN(CCC(N)c2ccccc2Br)C1. The quantitative estimate of drug-likeness (QED) is 0.892. The lowest BCUT2D eigenvalue weighted by Crippen LogP contribution is -2.26. The molecule has 3 heteroatoms. The zero-order valence-electron chi connectivity index (χ0n) is 12.0. The highest BCUT2D eigenvalue weighted by Crippen LogP contribution is 2.26. The van der Waals surface area contributed by atoms with Crippen LogP contribution in [-0.2, 0) is 0 Å². The van der Waals surface area contributed by atoms with E-state index in [-0.39, 0.29) is 6.04 Å². The first-order chi connectivity index (χ1) is 9.08. The molecule has 1 aliphatic rings. The highest BCUT2D eigenvalue weighted by Gasteiger charge is 2.24.